The first kappa shape index (κ1) is 18.7. The molecule has 1 fully saturated rings. The Morgan fingerprint density at radius 2 is 1.92 bits per heavy atom. The third-order valence-corrected chi connectivity index (χ3v) is 4.45. The van der Waals surface area contributed by atoms with Gasteiger partial charge in [-0.3, -0.25) is 8.98 Å². The van der Waals surface area contributed by atoms with Crippen molar-refractivity contribution in [1.82, 2.24) is 0 Å². The van der Waals surface area contributed by atoms with Crippen molar-refractivity contribution in [3.05, 3.63) is 30.1 Å². The lowest BCUT2D eigenvalue weighted by Crippen LogP contribution is -2.25. The van der Waals surface area contributed by atoms with Crippen molar-refractivity contribution in [3.63, 3.8) is 0 Å². The van der Waals surface area contributed by atoms with Gasteiger partial charge in [-0.2, -0.15) is 8.42 Å². The first-order valence-corrected chi connectivity index (χ1v) is 9.53. The second-order valence-electron chi connectivity index (χ2n) is 5.78. The van der Waals surface area contributed by atoms with Crippen molar-refractivity contribution >= 4 is 16.1 Å². The van der Waals surface area contributed by atoms with Crippen LogP contribution in [0.5, 0.6) is 5.75 Å². The molecular formula is C16H21FO6S. The minimum absolute atomic E-state index is 0.193. The molecule has 1 aromatic carbocycles. The van der Waals surface area contributed by atoms with Crippen molar-refractivity contribution < 1.29 is 31.3 Å². The van der Waals surface area contributed by atoms with Gasteiger partial charge < -0.3 is 9.47 Å². The molecule has 0 heterocycles. The van der Waals surface area contributed by atoms with Crippen LogP contribution in [0.1, 0.15) is 19.8 Å². The van der Waals surface area contributed by atoms with E-state index in [-0.39, 0.29) is 37.3 Å². The fourth-order valence-electron chi connectivity index (χ4n) is 2.86. The lowest BCUT2D eigenvalue weighted by Gasteiger charge is -2.18. The molecule has 1 aliphatic carbocycles. The zero-order chi connectivity index (χ0) is 17.7. The Bertz CT molecular complexity index is 658. The van der Waals surface area contributed by atoms with Crippen LogP contribution in [0.4, 0.5) is 4.39 Å². The van der Waals surface area contributed by atoms with Gasteiger partial charge in [0, 0.05) is 5.92 Å². The van der Waals surface area contributed by atoms with Crippen LogP contribution in [0, 0.1) is 17.7 Å². The highest BCUT2D eigenvalue weighted by atomic mass is 32.2. The highest BCUT2D eigenvalue weighted by Crippen LogP contribution is 2.36. The van der Waals surface area contributed by atoms with Gasteiger partial charge in [-0.15, -0.1) is 0 Å². The van der Waals surface area contributed by atoms with Gasteiger partial charge in [-0.05, 0) is 44.0 Å². The SMILES string of the molecule is CCOC(=O)[C@@H]1CC(OS(C)(=O)=O)C[C@H]1COc1ccc(F)cc1. The third-order valence-electron chi connectivity index (χ3n) is 3.83. The Kier molecular flexibility index (Phi) is 6.17. The molecule has 1 aliphatic rings. The van der Waals surface area contributed by atoms with Crippen LogP contribution in [0.15, 0.2) is 24.3 Å². The summed E-state index contributed by atoms with van der Waals surface area (Å²) >= 11 is 0. The van der Waals surface area contributed by atoms with E-state index in [1.807, 2.05) is 0 Å². The van der Waals surface area contributed by atoms with Crippen LogP contribution in [-0.4, -0.2) is 40.0 Å². The summed E-state index contributed by atoms with van der Waals surface area (Å²) in [4.78, 5) is 12.1. The molecule has 0 radical (unpaired) electrons. The standard InChI is InChI=1S/C16H21FO6S/c1-3-21-16(18)15-9-14(23-24(2,19)20)8-11(15)10-22-13-6-4-12(17)5-7-13/h4-7,11,14-15H,3,8-10H2,1-2H3/t11-,14?,15+/m0/s1. The number of ether oxygens (including phenoxy) is 2. The van der Waals surface area contributed by atoms with Gasteiger partial charge in [0.1, 0.15) is 11.6 Å². The van der Waals surface area contributed by atoms with Gasteiger partial charge in [0.2, 0.25) is 0 Å². The number of carbonyl (C=O) groups excluding carboxylic acids is 1. The van der Waals surface area contributed by atoms with Gasteiger partial charge in [0.15, 0.2) is 0 Å². The van der Waals surface area contributed by atoms with Crippen LogP contribution < -0.4 is 4.74 Å². The molecule has 1 aromatic rings. The molecule has 0 N–H and O–H groups in total. The predicted octanol–water partition coefficient (Wildman–Crippen LogP) is 2.14. The van der Waals surface area contributed by atoms with Crippen LogP contribution in [-0.2, 0) is 23.8 Å². The molecule has 1 unspecified atom stereocenters. The van der Waals surface area contributed by atoms with E-state index in [0.29, 0.717) is 12.2 Å². The van der Waals surface area contributed by atoms with E-state index >= 15 is 0 Å². The van der Waals surface area contributed by atoms with E-state index in [1.54, 1.807) is 6.92 Å². The van der Waals surface area contributed by atoms with E-state index in [1.165, 1.54) is 24.3 Å². The summed E-state index contributed by atoms with van der Waals surface area (Å²) in [5.74, 6) is -0.997. The Hall–Kier alpha value is -1.67. The topological polar surface area (TPSA) is 78.9 Å². The molecule has 0 saturated heterocycles. The lowest BCUT2D eigenvalue weighted by molar-refractivity contribution is -0.149. The molecule has 0 aliphatic heterocycles. The molecule has 2 rings (SSSR count). The summed E-state index contributed by atoms with van der Waals surface area (Å²) in [6.45, 7) is 2.15. The van der Waals surface area contributed by atoms with E-state index in [9.17, 15) is 17.6 Å². The summed E-state index contributed by atoms with van der Waals surface area (Å²) in [7, 11) is -3.60. The fraction of sp³-hybridized carbons (Fsp3) is 0.562. The average molecular weight is 360 g/mol. The molecule has 0 amide bonds. The first-order valence-electron chi connectivity index (χ1n) is 7.71. The van der Waals surface area contributed by atoms with Gasteiger partial charge in [-0.25, -0.2) is 4.39 Å². The second kappa shape index (κ2) is 7.94. The van der Waals surface area contributed by atoms with Gasteiger partial charge in [0.25, 0.3) is 10.1 Å². The van der Waals surface area contributed by atoms with Crippen molar-refractivity contribution in [3.8, 4) is 5.75 Å². The molecule has 1 saturated carbocycles. The predicted molar refractivity (Wildman–Crippen MR) is 84.5 cm³/mol. The van der Waals surface area contributed by atoms with E-state index in [2.05, 4.69) is 0 Å². The molecule has 134 valence electrons. The van der Waals surface area contributed by atoms with E-state index in [0.717, 1.165) is 6.26 Å². The summed E-state index contributed by atoms with van der Waals surface area (Å²) in [6, 6.07) is 5.55. The first-order chi connectivity index (χ1) is 11.3. The van der Waals surface area contributed by atoms with Gasteiger partial charge in [0.05, 0.1) is 31.5 Å². The normalized spacial score (nSPS) is 23.9. The number of halogens is 1. The quantitative estimate of drug-likeness (QED) is 0.548. The molecule has 3 atom stereocenters. The molecule has 0 spiro atoms. The lowest BCUT2D eigenvalue weighted by atomic mass is 9.97. The number of esters is 1. The van der Waals surface area contributed by atoms with Crippen molar-refractivity contribution in [2.24, 2.45) is 11.8 Å². The second-order valence-corrected chi connectivity index (χ2v) is 7.38. The number of benzene rings is 1. The average Bonchev–Trinajstić information content (AvgIpc) is 2.88. The summed E-state index contributed by atoms with van der Waals surface area (Å²) in [5.41, 5.74) is 0. The summed E-state index contributed by atoms with van der Waals surface area (Å²) in [5, 5.41) is 0. The van der Waals surface area contributed by atoms with Crippen LogP contribution >= 0.6 is 0 Å². The fourth-order valence-corrected chi connectivity index (χ4v) is 3.51. The van der Waals surface area contributed by atoms with Crippen molar-refractivity contribution in [1.29, 1.82) is 0 Å². The third kappa shape index (κ3) is 5.45. The maximum Gasteiger partial charge on any atom is 0.309 e. The molecular weight excluding hydrogens is 339 g/mol. The van der Waals surface area contributed by atoms with E-state index in [4.69, 9.17) is 13.7 Å². The molecule has 6 nitrogen and oxygen atoms in total. The Morgan fingerprint density at radius 1 is 1.25 bits per heavy atom. The van der Waals surface area contributed by atoms with Crippen molar-refractivity contribution in [2.45, 2.75) is 25.9 Å². The maximum atomic E-state index is 12.9. The van der Waals surface area contributed by atoms with Crippen LogP contribution in [0.3, 0.4) is 0 Å². The Labute approximate surface area is 141 Å². The molecule has 0 aromatic heterocycles. The maximum absolute atomic E-state index is 12.9. The molecule has 0 bridgehead atoms. The van der Waals surface area contributed by atoms with Crippen molar-refractivity contribution in [2.75, 3.05) is 19.5 Å². The van der Waals surface area contributed by atoms with Gasteiger partial charge >= 0.3 is 5.97 Å². The van der Waals surface area contributed by atoms with Gasteiger partial charge in [-0.1, -0.05) is 0 Å². The summed E-state index contributed by atoms with van der Waals surface area (Å²) < 4.78 is 51.2. The largest absolute Gasteiger partial charge is 0.493 e. The number of hydrogen-bond donors (Lipinski definition) is 0. The Morgan fingerprint density at radius 3 is 2.50 bits per heavy atom. The molecule has 24 heavy (non-hydrogen) atoms. The minimum atomic E-state index is -3.60. The number of rotatable bonds is 7. The summed E-state index contributed by atoms with van der Waals surface area (Å²) in [6.07, 6.45) is 1.05. The monoisotopic (exact) mass is 360 g/mol. The van der Waals surface area contributed by atoms with Crippen LogP contribution in [0.2, 0.25) is 0 Å². The smallest absolute Gasteiger partial charge is 0.309 e. The number of hydrogen-bond acceptors (Lipinski definition) is 6. The highest BCUT2D eigenvalue weighted by Gasteiger charge is 2.41. The zero-order valence-electron chi connectivity index (χ0n) is 13.6. The minimum Gasteiger partial charge on any atom is -0.493 e. The molecule has 8 heteroatoms. The van der Waals surface area contributed by atoms with E-state index < -0.39 is 22.1 Å². The Balaban J connectivity index is 2.02. The highest BCUT2D eigenvalue weighted by molar-refractivity contribution is 7.86. The van der Waals surface area contributed by atoms with Crippen LogP contribution in [0.25, 0.3) is 0 Å². The zero-order valence-corrected chi connectivity index (χ0v) is 14.4. The number of carbonyl (C=O) groups is 1.